The number of ketones is 1. The van der Waals surface area contributed by atoms with Crippen molar-refractivity contribution >= 4 is 26.3 Å². The van der Waals surface area contributed by atoms with Gasteiger partial charge in [0, 0.05) is 18.4 Å². The lowest BCUT2D eigenvalue weighted by molar-refractivity contribution is -0.125. The van der Waals surface area contributed by atoms with Crippen LogP contribution >= 0.6 is 12.6 Å². The van der Waals surface area contributed by atoms with Crippen LogP contribution in [0.2, 0.25) is 0 Å². The van der Waals surface area contributed by atoms with Crippen LogP contribution in [0.4, 0.5) is 0 Å². The summed E-state index contributed by atoms with van der Waals surface area (Å²) in [7, 11) is 6.01. The monoisotopic (exact) mass is 277 g/mol. The summed E-state index contributed by atoms with van der Waals surface area (Å²) in [5.41, 5.74) is 1.81. The van der Waals surface area contributed by atoms with Gasteiger partial charge in [0.1, 0.15) is 12.7 Å². The predicted molar refractivity (Wildman–Crippen MR) is 85.6 cm³/mol. The maximum absolute atomic E-state index is 12.5. The van der Waals surface area contributed by atoms with E-state index in [0.29, 0.717) is 6.42 Å². The molecule has 0 aromatic carbocycles. The first-order valence-electron chi connectivity index (χ1n) is 6.95. The normalized spacial score (nSPS) is 19.1. The largest absolute Gasteiger partial charge is 0.296 e. The molecule has 0 aliphatic heterocycles. The van der Waals surface area contributed by atoms with Gasteiger partial charge in [-0.15, -0.1) is 12.6 Å². The quantitative estimate of drug-likeness (QED) is 0.444. The first-order chi connectivity index (χ1) is 8.76. The summed E-state index contributed by atoms with van der Waals surface area (Å²) in [4.78, 5) is 11.6. The maximum atomic E-state index is 12.5. The Bertz CT molecular complexity index is 401. The van der Waals surface area contributed by atoms with Crippen LogP contribution in [0, 0.1) is 5.92 Å². The van der Waals surface area contributed by atoms with E-state index in [2.05, 4.69) is 24.0 Å². The molecule has 104 valence electrons. The molecule has 2 nitrogen and oxygen atoms in total. The highest BCUT2D eigenvalue weighted by molar-refractivity contribution is 7.82. The zero-order valence-corrected chi connectivity index (χ0v) is 13.3. The molecule has 0 saturated carbocycles. The Hall–Kier alpha value is -0.475. The van der Waals surface area contributed by atoms with E-state index in [0.717, 1.165) is 23.9 Å². The van der Waals surface area contributed by atoms with Crippen LogP contribution in [0.3, 0.4) is 0 Å². The molecule has 1 aliphatic rings. The second-order valence-electron chi connectivity index (χ2n) is 5.82. The molecule has 0 heterocycles. The summed E-state index contributed by atoms with van der Waals surface area (Å²) in [6, 6.07) is 0.189. The van der Waals surface area contributed by atoms with Gasteiger partial charge in [-0.1, -0.05) is 37.0 Å². The minimum atomic E-state index is -0.843. The summed E-state index contributed by atoms with van der Waals surface area (Å²) in [6.45, 7) is 7.85. The zero-order chi connectivity index (χ0) is 14.6. The van der Waals surface area contributed by atoms with Gasteiger partial charge >= 0.3 is 0 Å². The molecule has 1 rings (SSSR count). The molecular formula is C15H24BNOS. The molecular weight excluding hydrogens is 253 g/mol. The summed E-state index contributed by atoms with van der Waals surface area (Å²) >= 11 is 4.66. The molecule has 1 N–H and O–H groups in total. The Morgan fingerprint density at radius 3 is 2.42 bits per heavy atom. The summed E-state index contributed by atoms with van der Waals surface area (Å²) in [6.07, 6.45) is 6.64. The fraction of sp³-hybridized carbons (Fsp3) is 0.667. The van der Waals surface area contributed by atoms with Crippen molar-refractivity contribution in [3.63, 3.8) is 0 Å². The third-order valence-corrected chi connectivity index (χ3v) is 3.71. The molecule has 0 amide bonds. The Morgan fingerprint density at radius 2 is 1.95 bits per heavy atom. The summed E-state index contributed by atoms with van der Waals surface area (Å²) in [5.74, 6) is 0.0574. The highest BCUT2D eigenvalue weighted by atomic mass is 32.1. The van der Waals surface area contributed by atoms with E-state index < -0.39 is 4.87 Å². The Kier molecular flexibility index (Phi) is 5.94. The van der Waals surface area contributed by atoms with Gasteiger partial charge in [-0.2, -0.15) is 0 Å². The van der Waals surface area contributed by atoms with Crippen molar-refractivity contribution in [2.24, 2.45) is 5.92 Å². The molecule has 0 spiro atoms. The lowest BCUT2D eigenvalue weighted by atomic mass is 9.79. The van der Waals surface area contributed by atoms with Crippen LogP contribution in [0.1, 0.15) is 47.0 Å². The van der Waals surface area contributed by atoms with Crippen molar-refractivity contribution in [3.8, 4) is 0 Å². The van der Waals surface area contributed by atoms with Crippen molar-refractivity contribution in [2.45, 2.75) is 57.9 Å². The molecule has 0 unspecified atom stereocenters. The first kappa shape index (κ1) is 16.6. The number of carbonyl (C=O) groups is 1. The van der Waals surface area contributed by atoms with Crippen molar-refractivity contribution < 1.29 is 4.79 Å². The van der Waals surface area contributed by atoms with Gasteiger partial charge in [0.05, 0.1) is 0 Å². The fourth-order valence-corrected chi connectivity index (χ4v) is 3.05. The molecule has 19 heavy (non-hydrogen) atoms. The highest BCUT2D eigenvalue weighted by Gasteiger charge is 2.37. The van der Waals surface area contributed by atoms with E-state index in [1.165, 1.54) is 0 Å². The van der Waals surface area contributed by atoms with Crippen molar-refractivity contribution in [3.05, 3.63) is 23.2 Å². The van der Waals surface area contributed by atoms with Crippen LogP contribution in [0.25, 0.3) is 0 Å². The van der Waals surface area contributed by atoms with E-state index >= 15 is 0 Å². The number of rotatable bonds is 6. The lowest BCUT2D eigenvalue weighted by Crippen LogP contribution is -2.52. The SMILES string of the molecule is [B]C1=CCCC=C1C[C@](S)(NC(C)C)C(=O)C(C)C. The number of hydrogen-bond acceptors (Lipinski definition) is 3. The third-order valence-electron chi connectivity index (χ3n) is 3.20. The molecule has 1 aliphatic carbocycles. The van der Waals surface area contributed by atoms with Crippen molar-refractivity contribution in [2.75, 3.05) is 0 Å². The molecule has 0 bridgehead atoms. The third kappa shape index (κ3) is 4.53. The van der Waals surface area contributed by atoms with Gasteiger partial charge in [0.25, 0.3) is 0 Å². The van der Waals surface area contributed by atoms with Crippen LogP contribution < -0.4 is 5.32 Å². The minimum Gasteiger partial charge on any atom is -0.296 e. The second-order valence-corrected chi connectivity index (χ2v) is 6.58. The second kappa shape index (κ2) is 6.80. The van der Waals surface area contributed by atoms with Gasteiger partial charge in [0.15, 0.2) is 5.78 Å². The number of Topliss-reactive ketones (excluding diaryl/α,β-unsaturated/α-hetero) is 1. The Balaban J connectivity index is 2.95. The first-order valence-corrected chi connectivity index (χ1v) is 7.40. The smallest absolute Gasteiger partial charge is 0.165 e. The van der Waals surface area contributed by atoms with Crippen LogP contribution in [0.15, 0.2) is 23.2 Å². The lowest BCUT2D eigenvalue weighted by Gasteiger charge is -2.34. The van der Waals surface area contributed by atoms with Gasteiger partial charge in [-0.25, -0.2) is 0 Å². The fourth-order valence-electron chi connectivity index (χ4n) is 2.36. The van der Waals surface area contributed by atoms with E-state index in [-0.39, 0.29) is 17.7 Å². The van der Waals surface area contributed by atoms with E-state index in [9.17, 15) is 4.79 Å². The van der Waals surface area contributed by atoms with Gasteiger partial charge in [-0.05, 0) is 26.7 Å². The molecule has 0 aromatic rings. The number of nitrogens with one attached hydrogen (secondary N) is 1. The van der Waals surface area contributed by atoms with Gasteiger partial charge in [0.2, 0.25) is 0 Å². The molecule has 2 radical (unpaired) electrons. The topological polar surface area (TPSA) is 29.1 Å². The average Bonchev–Trinajstić information content (AvgIpc) is 2.30. The summed E-state index contributed by atoms with van der Waals surface area (Å²) in [5, 5.41) is 3.30. The van der Waals surface area contributed by atoms with Gasteiger partial charge < -0.3 is 0 Å². The van der Waals surface area contributed by atoms with Crippen LogP contribution in [-0.4, -0.2) is 24.5 Å². The number of hydrogen-bond donors (Lipinski definition) is 2. The van der Waals surface area contributed by atoms with Crippen LogP contribution in [0.5, 0.6) is 0 Å². The highest BCUT2D eigenvalue weighted by Crippen LogP contribution is 2.30. The molecule has 0 aromatic heterocycles. The number of carbonyl (C=O) groups excluding carboxylic acids is 1. The maximum Gasteiger partial charge on any atom is 0.165 e. The molecule has 0 saturated heterocycles. The standard InChI is InChI=1S/C15H24BNOS/c1-10(2)14(18)15(19,17-11(3)4)9-12-7-5-6-8-13(12)16/h7-8,10-11,17,19H,5-6,9H2,1-4H3/t15-/m1/s1. The number of thiol groups is 1. The van der Waals surface area contributed by atoms with Crippen LogP contribution in [-0.2, 0) is 4.79 Å². The van der Waals surface area contributed by atoms with Gasteiger partial charge in [-0.3, -0.25) is 10.1 Å². The summed E-state index contributed by atoms with van der Waals surface area (Å²) < 4.78 is 0. The van der Waals surface area contributed by atoms with Crippen molar-refractivity contribution in [1.29, 1.82) is 0 Å². The Labute approximate surface area is 123 Å². The zero-order valence-electron chi connectivity index (χ0n) is 12.4. The van der Waals surface area contributed by atoms with Crippen molar-refractivity contribution in [1.82, 2.24) is 5.32 Å². The number of allylic oxidation sites excluding steroid dienone is 3. The Morgan fingerprint density at radius 1 is 1.37 bits per heavy atom. The minimum absolute atomic E-state index is 0.0573. The van der Waals surface area contributed by atoms with E-state index in [1.807, 2.05) is 33.8 Å². The van der Waals surface area contributed by atoms with E-state index in [1.54, 1.807) is 0 Å². The average molecular weight is 277 g/mol. The van der Waals surface area contributed by atoms with E-state index in [4.69, 9.17) is 7.85 Å². The molecule has 1 atom stereocenters. The molecule has 0 fully saturated rings. The molecule has 4 heteroatoms. The predicted octanol–water partition coefficient (Wildman–Crippen LogP) is 3.00.